The first-order valence-corrected chi connectivity index (χ1v) is 12.3. The zero-order valence-corrected chi connectivity index (χ0v) is 19.5. The highest BCUT2D eigenvalue weighted by Gasteiger charge is 2.22. The number of ether oxygens (including phenoxy) is 1. The highest BCUT2D eigenvalue weighted by molar-refractivity contribution is 5.89. The minimum atomic E-state index is -0.601. The van der Waals surface area contributed by atoms with Crippen molar-refractivity contribution in [1.29, 1.82) is 0 Å². The van der Waals surface area contributed by atoms with E-state index in [1.165, 1.54) is 69.8 Å². The summed E-state index contributed by atoms with van der Waals surface area (Å²) in [5.41, 5.74) is 3.75. The Kier molecular flexibility index (Phi) is 9.55. The van der Waals surface area contributed by atoms with Gasteiger partial charge in [0.1, 0.15) is 5.75 Å². The lowest BCUT2D eigenvalue weighted by Gasteiger charge is -2.29. The summed E-state index contributed by atoms with van der Waals surface area (Å²) in [5, 5.41) is 8.97. The molecule has 172 valence electrons. The molecule has 0 unspecified atom stereocenters. The van der Waals surface area contributed by atoms with Crippen LogP contribution in [-0.4, -0.2) is 17.7 Å². The van der Waals surface area contributed by atoms with Crippen LogP contribution in [0.1, 0.15) is 82.6 Å². The summed E-state index contributed by atoms with van der Waals surface area (Å²) in [7, 11) is 0. The third-order valence-corrected chi connectivity index (χ3v) is 6.82. The quantitative estimate of drug-likeness (QED) is 0.173. The highest BCUT2D eigenvalue weighted by Crippen LogP contribution is 2.38. The largest absolute Gasteiger partial charge is 0.423 e. The molecule has 1 aliphatic rings. The Morgan fingerprint density at radius 3 is 2.09 bits per heavy atom. The third-order valence-electron chi connectivity index (χ3n) is 6.82. The Balaban J connectivity index is 1.48. The third kappa shape index (κ3) is 7.06. The second kappa shape index (κ2) is 12.6. The molecule has 3 rings (SSSR count). The van der Waals surface area contributed by atoms with E-state index in [-0.39, 0.29) is 5.57 Å². The van der Waals surface area contributed by atoms with Crippen molar-refractivity contribution in [3.8, 4) is 16.9 Å². The first kappa shape index (κ1) is 24.3. The highest BCUT2D eigenvalue weighted by atomic mass is 16.5. The fraction of sp³-hybridized carbons (Fsp3) is 0.483. The maximum atomic E-state index is 11.7. The maximum Gasteiger partial charge on any atom is 0.341 e. The number of aliphatic hydroxyl groups excluding tert-OH is 1. The first-order chi connectivity index (χ1) is 15.6. The molecule has 0 atom stereocenters. The van der Waals surface area contributed by atoms with Crippen LogP contribution in [0, 0.1) is 5.92 Å². The number of esters is 1. The van der Waals surface area contributed by atoms with Crippen LogP contribution in [0.15, 0.2) is 60.7 Å². The van der Waals surface area contributed by atoms with Crippen LogP contribution in [0.4, 0.5) is 0 Å². The van der Waals surface area contributed by atoms with Gasteiger partial charge in [-0.15, -0.1) is 0 Å². The number of hydrogen-bond acceptors (Lipinski definition) is 3. The van der Waals surface area contributed by atoms with Crippen molar-refractivity contribution in [2.45, 2.75) is 77.0 Å². The Labute approximate surface area is 193 Å². The van der Waals surface area contributed by atoms with Crippen molar-refractivity contribution < 1.29 is 14.6 Å². The van der Waals surface area contributed by atoms with Crippen LogP contribution < -0.4 is 4.74 Å². The van der Waals surface area contributed by atoms with E-state index in [1.54, 1.807) is 12.1 Å². The van der Waals surface area contributed by atoms with Gasteiger partial charge in [0.25, 0.3) is 0 Å². The average molecular weight is 435 g/mol. The predicted molar refractivity (Wildman–Crippen MR) is 132 cm³/mol. The smallest absolute Gasteiger partial charge is 0.341 e. The molecule has 1 fully saturated rings. The molecule has 0 radical (unpaired) electrons. The van der Waals surface area contributed by atoms with E-state index in [9.17, 15) is 4.79 Å². The molecule has 0 amide bonds. The van der Waals surface area contributed by atoms with Gasteiger partial charge in [-0.2, -0.15) is 0 Å². The molecule has 0 bridgehead atoms. The van der Waals surface area contributed by atoms with Gasteiger partial charge in [-0.3, -0.25) is 0 Å². The molecule has 3 nitrogen and oxygen atoms in total. The van der Waals surface area contributed by atoms with E-state index in [4.69, 9.17) is 9.84 Å². The molecule has 2 aromatic rings. The molecule has 1 saturated carbocycles. The number of rotatable bonds is 11. The number of benzene rings is 2. The molecular weight excluding hydrogens is 396 g/mol. The molecule has 3 heteroatoms. The van der Waals surface area contributed by atoms with Crippen LogP contribution in [0.5, 0.6) is 5.75 Å². The standard InChI is InChI=1S/C29H38O3/c1-3-4-5-6-7-8-23-9-11-24(12-10-23)25-13-15-26(16-14-25)27-17-19-28(20-18-27)32-29(31)22(2)21-30/h13-20,23-24,30H,2-12,21H2,1H3. The van der Waals surface area contributed by atoms with Gasteiger partial charge in [-0.25, -0.2) is 4.79 Å². The Hall–Kier alpha value is -2.39. The number of hydrogen-bond donors (Lipinski definition) is 1. The molecule has 0 spiro atoms. The van der Waals surface area contributed by atoms with Gasteiger partial charge in [0, 0.05) is 0 Å². The lowest BCUT2D eigenvalue weighted by atomic mass is 9.77. The van der Waals surface area contributed by atoms with E-state index >= 15 is 0 Å². The molecule has 0 aliphatic heterocycles. The Morgan fingerprint density at radius 1 is 0.906 bits per heavy atom. The number of carbonyl (C=O) groups excluding carboxylic acids is 1. The first-order valence-electron chi connectivity index (χ1n) is 12.3. The van der Waals surface area contributed by atoms with Crippen molar-refractivity contribution in [3.05, 3.63) is 66.2 Å². The average Bonchev–Trinajstić information content (AvgIpc) is 2.84. The Bertz CT molecular complexity index is 843. The van der Waals surface area contributed by atoms with E-state index in [0.717, 1.165) is 17.0 Å². The van der Waals surface area contributed by atoms with Gasteiger partial charge in [0.2, 0.25) is 0 Å². The summed E-state index contributed by atoms with van der Waals surface area (Å²) in [6, 6.07) is 16.4. The maximum absolute atomic E-state index is 11.7. The second-order valence-corrected chi connectivity index (χ2v) is 9.22. The molecule has 1 aliphatic carbocycles. The van der Waals surface area contributed by atoms with Gasteiger partial charge in [0.05, 0.1) is 12.2 Å². The molecule has 2 aromatic carbocycles. The normalized spacial score (nSPS) is 18.3. The Morgan fingerprint density at radius 2 is 1.50 bits per heavy atom. The molecule has 0 heterocycles. The van der Waals surface area contributed by atoms with Crippen molar-refractivity contribution in [2.24, 2.45) is 5.92 Å². The number of carbonyl (C=O) groups is 1. The summed E-state index contributed by atoms with van der Waals surface area (Å²) < 4.78 is 5.21. The lowest BCUT2D eigenvalue weighted by molar-refractivity contribution is -0.130. The monoisotopic (exact) mass is 434 g/mol. The van der Waals surface area contributed by atoms with Crippen molar-refractivity contribution in [2.75, 3.05) is 6.61 Å². The van der Waals surface area contributed by atoms with Crippen molar-refractivity contribution >= 4 is 5.97 Å². The molecule has 1 N–H and O–H groups in total. The summed E-state index contributed by atoms with van der Waals surface area (Å²) in [5.74, 6) is 1.49. The van der Waals surface area contributed by atoms with E-state index in [0.29, 0.717) is 11.7 Å². The van der Waals surface area contributed by atoms with Crippen LogP contribution >= 0.6 is 0 Å². The van der Waals surface area contributed by atoms with E-state index in [1.807, 2.05) is 12.1 Å². The summed E-state index contributed by atoms with van der Waals surface area (Å²) >= 11 is 0. The van der Waals surface area contributed by atoms with E-state index in [2.05, 4.69) is 37.8 Å². The molecule has 0 aromatic heterocycles. The zero-order chi connectivity index (χ0) is 22.8. The van der Waals surface area contributed by atoms with Gasteiger partial charge in [0.15, 0.2) is 0 Å². The molecule has 0 saturated heterocycles. The zero-order valence-electron chi connectivity index (χ0n) is 19.5. The van der Waals surface area contributed by atoms with Crippen LogP contribution in [0.25, 0.3) is 11.1 Å². The minimum absolute atomic E-state index is 0.0469. The topological polar surface area (TPSA) is 46.5 Å². The van der Waals surface area contributed by atoms with Crippen molar-refractivity contribution in [1.82, 2.24) is 0 Å². The summed E-state index contributed by atoms with van der Waals surface area (Å²) in [6.07, 6.45) is 13.8. The lowest BCUT2D eigenvalue weighted by Crippen LogP contribution is -2.13. The summed E-state index contributed by atoms with van der Waals surface area (Å²) in [6.45, 7) is 5.36. The predicted octanol–water partition coefficient (Wildman–Crippen LogP) is 7.44. The minimum Gasteiger partial charge on any atom is -0.423 e. The molecule has 32 heavy (non-hydrogen) atoms. The fourth-order valence-electron chi connectivity index (χ4n) is 4.73. The molecular formula is C29H38O3. The van der Waals surface area contributed by atoms with Gasteiger partial charge in [-0.05, 0) is 66.3 Å². The van der Waals surface area contributed by atoms with Gasteiger partial charge in [-0.1, -0.05) is 88.4 Å². The summed E-state index contributed by atoms with van der Waals surface area (Å²) in [4.78, 5) is 11.7. The fourth-order valence-corrected chi connectivity index (χ4v) is 4.73. The number of unbranched alkanes of at least 4 members (excludes halogenated alkanes) is 4. The van der Waals surface area contributed by atoms with E-state index < -0.39 is 12.6 Å². The number of aliphatic hydroxyl groups is 1. The van der Waals surface area contributed by atoms with Crippen LogP contribution in [-0.2, 0) is 4.79 Å². The van der Waals surface area contributed by atoms with Gasteiger partial charge < -0.3 is 9.84 Å². The van der Waals surface area contributed by atoms with Crippen molar-refractivity contribution in [3.63, 3.8) is 0 Å². The van der Waals surface area contributed by atoms with Gasteiger partial charge >= 0.3 is 5.97 Å². The van der Waals surface area contributed by atoms with Crippen LogP contribution in [0.3, 0.4) is 0 Å². The SMILES string of the molecule is C=C(CO)C(=O)Oc1ccc(-c2ccc(C3CCC(CCCCCCC)CC3)cc2)cc1. The second-order valence-electron chi connectivity index (χ2n) is 9.22. The van der Waals surface area contributed by atoms with Crippen LogP contribution in [0.2, 0.25) is 0 Å².